The van der Waals surface area contributed by atoms with Gasteiger partial charge in [-0.1, -0.05) is 4.85 Å². The number of H-pyrrole nitrogens is 1. The standard InChI is InChI=1S/C9H9FN2O2/c1-5-3-6-8(7(10)4-5)11-12(14-2)9(6)13/h3-4,11H,1-2H3. The minimum atomic E-state index is -0.451. The van der Waals surface area contributed by atoms with Crippen molar-refractivity contribution in [3.05, 3.63) is 33.9 Å². The fourth-order valence-corrected chi connectivity index (χ4v) is 1.41. The van der Waals surface area contributed by atoms with E-state index in [0.29, 0.717) is 10.9 Å². The van der Waals surface area contributed by atoms with E-state index in [1.165, 1.54) is 13.2 Å². The molecule has 0 aliphatic rings. The highest BCUT2D eigenvalue weighted by Gasteiger charge is 2.10. The summed E-state index contributed by atoms with van der Waals surface area (Å²) in [7, 11) is 1.33. The van der Waals surface area contributed by atoms with Crippen LogP contribution in [0, 0.1) is 12.7 Å². The highest BCUT2D eigenvalue weighted by Crippen LogP contribution is 2.14. The second-order valence-electron chi connectivity index (χ2n) is 3.06. The van der Waals surface area contributed by atoms with Gasteiger partial charge in [0, 0.05) is 0 Å². The third kappa shape index (κ3) is 1.09. The minimum absolute atomic E-state index is 0.169. The van der Waals surface area contributed by atoms with Crippen molar-refractivity contribution in [1.29, 1.82) is 0 Å². The van der Waals surface area contributed by atoms with Gasteiger partial charge in [0.2, 0.25) is 0 Å². The summed E-state index contributed by atoms with van der Waals surface area (Å²) < 4.78 is 13.3. The normalized spacial score (nSPS) is 10.8. The molecule has 74 valence electrons. The number of aryl methyl sites for hydroxylation is 1. The van der Waals surface area contributed by atoms with Crippen LogP contribution >= 0.6 is 0 Å². The van der Waals surface area contributed by atoms with Gasteiger partial charge in [0.15, 0.2) is 0 Å². The molecule has 1 N–H and O–H groups in total. The number of nitrogens with zero attached hydrogens (tertiary/aromatic N) is 1. The van der Waals surface area contributed by atoms with Gasteiger partial charge in [0.25, 0.3) is 0 Å². The first-order valence-corrected chi connectivity index (χ1v) is 4.09. The molecule has 4 nitrogen and oxygen atoms in total. The maximum absolute atomic E-state index is 13.3. The summed E-state index contributed by atoms with van der Waals surface area (Å²) in [4.78, 5) is 17.1. The highest BCUT2D eigenvalue weighted by atomic mass is 19.1. The Morgan fingerprint density at radius 3 is 2.86 bits per heavy atom. The number of rotatable bonds is 1. The van der Waals surface area contributed by atoms with E-state index in [4.69, 9.17) is 4.84 Å². The van der Waals surface area contributed by atoms with E-state index < -0.39 is 5.82 Å². The van der Waals surface area contributed by atoms with E-state index in [-0.39, 0.29) is 11.1 Å². The molecule has 0 fully saturated rings. The van der Waals surface area contributed by atoms with E-state index in [0.717, 1.165) is 4.85 Å². The van der Waals surface area contributed by atoms with Gasteiger partial charge in [0.05, 0.1) is 5.39 Å². The molecule has 0 atom stereocenters. The molecule has 0 amide bonds. The van der Waals surface area contributed by atoms with E-state index >= 15 is 0 Å². The van der Waals surface area contributed by atoms with Crippen LogP contribution in [0.4, 0.5) is 4.39 Å². The van der Waals surface area contributed by atoms with Crippen molar-refractivity contribution in [2.24, 2.45) is 0 Å². The second kappa shape index (κ2) is 2.87. The van der Waals surface area contributed by atoms with Gasteiger partial charge in [0.1, 0.15) is 18.4 Å². The first-order valence-electron chi connectivity index (χ1n) is 4.09. The number of nitrogens with one attached hydrogen (secondary N) is 1. The average Bonchev–Trinajstić information content (AvgIpc) is 2.44. The van der Waals surface area contributed by atoms with Crippen molar-refractivity contribution in [1.82, 2.24) is 9.94 Å². The summed E-state index contributed by atoms with van der Waals surface area (Å²) in [6.45, 7) is 1.73. The van der Waals surface area contributed by atoms with Crippen LogP contribution in [-0.4, -0.2) is 17.1 Å². The quantitative estimate of drug-likeness (QED) is 0.734. The Kier molecular flexibility index (Phi) is 1.80. The largest absolute Gasteiger partial charge is 0.398 e. The van der Waals surface area contributed by atoms with Crippen LogP contribution in [0.3, 0.4) is 0 Å². The molecule has 1 aromatic heterocycles. The average molecular weight is 196 g/mol. The number of hydrogen-bond acceptors (Lipinski definition) is 2. The van der Waals surface area contributed by atoms with Crippen molar-refractivity contribution in [3.63, 3.8) is 0 Å². The lowest BCUT2D eigenvalue weighted by atomic mass is 10.2. The Hall–Kier alpha value is -1.78. The third-order valence-electron chi connectivity index (χ3n) is 2.05. The number of halogens is 1. The predicted molar refractivity (Wildman–Crippen MR) is 49.8 cm³/mol. The number of hydrogen-bond donors (Lipinski definition) is 1. The fourth-order valence-electron chi connectivity index (χ4n) is 1.41. The molecule has 0 saturated carbocycles. The maximum Gasteiger partial charge on any atom is 0.310 e. The molecule has 2 aromatic rings. The zero-order valence-electron chi connectivity index (χ0n) is 7.80. The van der Waals surface area contributed by atoms with E-state index in [2.05, 4.69) is 5.10 Å². The number of aromatic amines is 1. The Balaban J connectivity index is 2.92. The first-order chi connectivity index (χ1) is 6.63. The van der Waals surface area contributed by atoms with Crippen LogP contribution in [0.5, 0.6) is 0 Å². The van der Waals surface area contributed by atoms with Crippen LogP contribution in [0.15, 0.2) is 16.9 Å². The molecule has 1 heterocycles. The smallest absolute Gasteiger partial charge is 0.310 e. The van der Waals surface area contributed by atoms with Crippen LogP contribution in [0.2, 0.25) is 0 Å². The zero-order chi connectivity index (χ0) is 10.3. The van der Waals surface area contributed by atoms with Crippen molar-refractivity contribution in [2.75, 3.05) is 7.11 Å². The van der Waals surface area contributed by atoms with Crippen molar-refractivity contribution in [3.8, 4) is 0 Å². The third-order valence-corrected chi connectivity index (χ3v) is 2.05. The van der Waals surface area contributed by atoms with E-state index in [9.17, 15) is 9.18 Å². The molecule has 2 rings (SSSR count). The number of aromatic nitrogens is 2. The Labute approximate surface area is 78.8 Å². The van der Waals surface area contributed by atoms with E-state index in [1.54, 1.807) is 13.0 Å². The first kappa shape index (κ1) is 8.80. The summed E-state index contributed by atoms with van der Waals surface area (Å²) in [5.41, 5.74) is 0.488. The lowest BCUT2D eigenvalue weighted by molar-refractivity contribution is 0.128. The molecule has 14 heavy (non-hydrogen) atoms. The van der Waals surface area contributed by atoms with Gasteiger partial charge in [-0.3, -0.25) is 9.89 Å². The Morgan fingerprint density at radius 2 is 2.21 bits per heavy atom. The molecule has 0 saturated heterocycles. The summed E-state index contributed by atoms with van der Waals surface area (Å²) in [6, 6.07) is 2.98. The van der Waals surface area contributed by atoms with Gasteiger partial charge >= 0.3 is 5.56 Å². The van der Waals surface area contributed by atoms with Crippen LogP contribution in [-0.2, 0) is 0 Å². The number of benzene rings is 1. The molecular weight excluding hydrogens is 187 g/mol. The van der Waals surface area contributed by atoms with Gasteiger partial charge in [-0.05, 0) is 24.6 Å². The lowest BCUT2D eigenvalue weighted by Crippen LogP contribution is -2.21. The van der Waals surface area contributed by atoms with Crippen LogP contribution in [0.1, 0.15) is 5.56 Å². The van der Waals surface area contributed by atoms with Crippen molar-refractivity contribution < 1.29 is 9.23 Å². The highest BCUT2D eigenvalue weighted by molar-refractivity contribution is 5.79. The maximum atomic E-state index is 13.3. The predicted octanol–water partition coefficient (Wildman–Crippen LogP) is 0.836. The summed E-state index contributed by atoms with van der Waals surface area (Å²) in [5, 5.41) is 2.81. The monoisotopic (exact) mass is 196 g/mol. The molecular formula is C9H9FN2O2. The minimum Gasteiger partial charge on any atom is -0.398 e. The van der Waals surface area contributed by atoms with Crippen LogP contribution in [0.25, 0.3) is 10.9 Å². The molecule has 1 aromatic carbocycles. The zero-order valence-corrected chi connectivity index (χ0v) is 7.80. The second-order valence-corrected chi connectivity index (χ2v) is 3.06. The van der Waals surface area contributed by atoms with Gasteiger partial charge in [-0.2, -0.15) is 0 Å². The van der Waals surface area contributed by atoms with E-state index in [1.807, 2.05) is 0 Å². The van der Waals surface area contributed by atoms with Crippen molar-refractivity contribution >= 4 is 10.9 Å². The molecule has 0 spiro atoms. The molecule has 0 radical (unpaired) electrons. The van der Waals surface area contributed by atoms with Gasteiger partial charge < -0.3 is 4.84 Å². The van der Waals surface area contributed by atoms with Gasteiger partial charge in [-0.25, -0.2) is 4.39 Å². The summed E-state index contributed by atoms with van der Waals surface area (Å²) in [5.74, 6) is -0.451. The molecule has 5 heteroatoms. The van der Waals surface area contributed by atoms with Crippen LogP contribution < -0.4 is 10.4 Å². The van der Waals surface area contributed by atoms with Crippen molar-refractivity contribution in [2.45, 2.75) is 6.92 Å². The molecule has 0 bridgehead atoms. The molecule has 0 aliphatic heterocycles. The molecule has 0 unspecified atom stereocenters. The Morgan fingerprint density at radius 1 is 1.50 bits per heavy atom. The summed E-state index contributed by atoms with van der Waals surface area (Å²) >= 11 is 0. The lowest BCUT2D eigenvalue weighted by Gasteiger charge is -1.94. The molecule has 0 aliphatic carbocycles. The topological polar surface area (TPSA) is 47.0 Å². The Bertz CT molecular complexity index is 541. The number of fused-ring (bicyclic) bond motifs is 1. The van der Waals surface area contributed by atoms with Gasteiger partial charge in [-0.15, -0.1) is 0 Å². The fraction of sp³-hybridized carbons (Fsp3) is 0.222. The SMILES string of the molecule is COn1[nH]c2c(F)cc(C)cc2c1=O. The summed E-state index contributed by atoms with van der Waals surface area (Å²) in [6.07, 6.45) is 0.